The number of rotatable bonds is 5. The summed E-state index contributed by atoms with van der Waals surface area (Å²) in [6.45, 7) is 1.50. The average Bonchev–Trinajstić information content (AvgIpc) is 3.24. The van der Waals surface area contributed by atoms with Crippen molar-refractivity contribution in [3.8, 4) is 0 Å². The summed E-state index contributed by atoms with van der Waals surface area (Å²) >= 11 is 0. The second-order valence-electron chi connectivity index (χ2n) is 6.54. The zero-order valence-electron chi connectivity index (χ0n) is 13.5. The molecule has 1 saturated carbocycles. The Labute approximate surface area is 143 Å². The number of primary amides is 1. The number of amides is 3. The number of ether oxygens (including phenoxy) is 1. The Kier molecular flexibility index (Phi) is 4.77. The smallest absolute Gasteiger partial charge is 0.407 e. The molecule has 4 N–H and O–H groups in total. The third-order valence-electron chi connectivity index (χ3n) is 4.81. The number of alkyl carbamates (subject to hydrolysis) is 1. The van der Waals surface area contributed by atoms with E-state index in [1.54, 1.807) is 0 Å². The van der Waals surface area contributed by atoms with E-state index >= 15 is 0 Å². The van der Waals surface area contributed by atoms with Crippen molar-refractivity contribution in [3.63, 3.8) is 0 Å². The van der Waals surface area contributed by atoms with Crippen molar-refractivity contribution in [1.82, 2.24) is 15.4 Å². The fraction of sp³-hybridized carbons (Fsp3) is 0.600. The third-order valence-corrected chi connectivity index (χ3v) is 4.81. The van der Waals surface area contributed by atoms with Crippen LogP contribution in [0.5, 0.6) is 0 Å². The summed E-state index contributed by atoms with van der Waals surface area (Å²) in [5.41, 5.74) is 5.03. The van der Waals surface area contributed by atoms with Crippen molar-refractivity contribution < 1.29 is 28.8 Å². The van der Waals surface area contributed by atoms with Crippen LogP contribution in [0.2, 0.25) is 0 Å². The van der Waals surface area contributed by atoms with Crippen LogP contribution in [0.15, 0.2) is 10.6 Å². The van der Waals surface area contributed by atoms with E-state index in [0.29, 0.717) is 37.4 Å². The van der Waals surface area contributed by atoms with Gasteiger partial charge in [-0.2, -0.15) is 0 Å². The fourth-order valence-corrected chi connectivity index (χ4v) is 3.66. The fourth-order valence-electron chi connectivity index (χ4n) is 3.66. The standard InChI is InChI=1S/C15H20N4O6/c16-13(20)12-3-11(25-18-12)7-24-14(21)17-4-8-1-9-5-19(15(22)23)6-10(9)2-8/h3,8-10H,1-2,4-7H2,(H2,16,20)(H,17,21)(H,22,23)/t8?,9-,10+. The van der Waals surface area contributed by atoms with Crippen molar-refractivity contribution in [2.45, 2.75) is 19.4 Å². The molecular formula is C15H20N4O6. The quantitative estimate of drug-likeness (QED) is 0.704. The summed E-state index contributed by atoms with van der Waals surface area (Å²) in [5, 5.41) is 15.2. The lowest BCUT2D eigenvalue weighted by atomic mass is 10.0. The highest BCUT2D eigenvalue weighted by Crippen LogP contribution is 2.41. The number of carboxylic acid groups (broad SMARTS) is 1. The maximum absolute atomic E-state index is 11.7. The van der Waals surface area contributed by atoms with E-state index < -0.39 is 18.1 Å². The Morgan fingerprint density at radius 2 is 2.04 bits per heavy atom. The van der Waals surface area contributed by atoms with Gasteiger partial charge in [-0.3, -0.25) is 4.79 Å². The van der Waals surface area contributed by atoms with Crippen LogP contribution in [0, 0.1) is 17.8 Å². The normalized spacial score (nSPS) is 24.8. The van der Waals surface area contributed by atoms with Crippen LogP contribution in [0.3, 0.4) is 0 Å². The molecule has 25 heavy (non-hydrogen) atoms. The molecule has 0 spiro atoms. The largest absolute Gasteiger partial charge is 0.465 e. The molecule has 1 aliphatic heterocycles. The molecule has 1 aliphatic carbocycles. The van der Waals surface area contributed by atoms with E-state index in [4.69, 9.17) is 20.1 Å². The van der Waals surface area contributed by atoms with Gasteiger partial charge in [0.2, 0.25) is 0 Å². The first-order valence-corrected chi connectivity index (χ1v) is 8.06. The first kappa shape index (κ1) is 17.1. The minimum atomic E-state index is -0.862. The molecule has 3 rings (SSSR count). The van der Waals surface area contributed by atoms with Crippen molar-refractivity contribution in [3.05, 3.63) is 17.5 Å². The Balaban J connectivity index is 1.36. The highest BCUT2D eigenvalue weighted by Gasteiger charge is 2.42. The zero-order valence-corrected chi connectivity index (χ0v) is 13.5. The molecular weight excluding hydrogens is 332 g/mol. The Morgan fingerprint density at radius 1 is 1.36 bits per heavy atom. The molecule has 10 nitrogen and oxygen atoms in total. The molecule has 10 heteroatoms. The number of hydrogen-bond acceptors (Lipinski definition) is 6. The molecule has 2 heterocycles. The van der Waals surface area contributed by atoms with Crippen molar-refractivity contribution >= 4 is 18.1 Å². The number of likely N-dealkylation sites (tertiary alicyclic amines) is 1. The molecule has 2 fully saturated rings. The summed E-state index contributed by atoms with van der Waals surface area (Å²) in [6.07, 6.45) is 0.359. The van der Waals surface area contributed by atoms with Gasteiger partial charge in [0, 0.05) is 25.7 Å². The molecule has 1 aromatic heterocycles. The van der Waals surface area contributed by atoms with Gasteiger partial charge in [0.05, 0.1) is 0 Å². The van der Waals surface area contributed by atoms with Crippen LogP contribution in [0.1, 0.15) is 29.1 Å². The number of carbonyl (C=O) groups excluding carboxylic acids is 2. The molecule has 136 valence electrons. The van der Waals surface area contributed by atoms with Gasteiger partial charge < -0.3 is 30.3 Å². The lowest BCUT2D eigenvalue weighted by molar-refractivity contribution is 0.0989. The highest BCUT2D eigenvalue weighted by atomic mass is 16.6. The van der Waals surface area contributed by atoms with Crippen LogP contribution >= 0.6 is 0 Å². The second-order valence-corrected chi connectivity index (χ2v) is 6.54. The Morgan fingerprint density at radius 3 is 2.60 bits per heavy atom. The van der Waals surface area contributed by atoms with Gasteiger partial charge in [0.15, 0.2) is 18.1 Å². The number of fused-ring (bicyclic) bond motifs is 1. The monoisotopic (exact) mass is 352 g/mol. The van der Waals surface area contributed by atoms with Crippen molar-refractivity contribution in [2.24, 2.45) is 23.5 Å². The van der Waals surface area contributed by atoms with E-state index in [1.807, 2.05) is 0 Å². The van der Waals surface area contributed by atoms with Crippen LogP contribution in [-0.4, -0.2) is 52.9 Å². The lowest BCUT2D eigenvalue weighted by Crippen LogP contribution is -2.31. The van der Waals surface area contributed by atoms with Crippen molar-refractivity contribution in [2.75, 3.05) is 19.6 Å². The Bertz CT molecular complexity index is 661. The van der Waals surface area contributed by atoms with Gasteiger partial charge in [0.1, 0.15) is 0 Å². The first-order valence-electron chi connectivity index (χ1n) is 8.06. The van der Waals surface area contributed by atoms with Crippen molar-refractivity contribution in [1.29, 1.82) is 0 Å². The summed E-state index contributed by atoms with van der Waals surface area (Å²) in [4.78, 5) is 35.0. The second kappa shape index (κ2) is 6.99. The molecule has 1 saturated heterocycles. The number of carbonyl (C=O) groups is 3. The zero-order chi connectivity index (χ0) is 18.0. The highest BCUT2D eigenvalue weighted by molar-refractivity contribution is 5.90. The van der Waals surface area contributed by atoms with Gasteiger partial charge in [-0.1, -0.05) is 5.16 Å². The van der Waals surface area contributed by atoms with E-state index in [1.165, 1.54) is 11.0 Å². The van der Waals surface area contributed by atoms with Gasteiger partial charge in [-0.25, -0.2) is 9.59 Å². The van der Waals surface area contributed by atoms with E-state index in [0.717, 1.165) is 12.8 Å². The van der Waals surface area contributed by atoms with E-state index in [-0.39, 0.29) is 18.1 Å². The Hall–Kier alpha value is -2.78. The third kappa shape index (κ3) is 4.01. The predicted molar refractivity (Wildman–Crippen MR) is 82.5 cm³/mol. The molecule has 2 aliphatic rings. The van der Waals surface area contributed by atoms with E-state index in [9.17, 15) is 14.4 Å². The number of hydrogen-bond donors (Lipinski definition) is 3. The number of nitrogens with one attached hydrogen (secondary N) is 1. The molecule has 1 unspecified atom stereocenters. The maximum atomic E-state index is 11.7. The summed E-state index contributed by atoms with van der Waals surface area (Å²) < 4.78 is 9.83. The molecule has 1 aromatic rings. The molecule has 0 bridgehead atoms. The van der Waals surface area contributed by atoms with Gasteiger partial charge in [-0.15, -0.1) is 0 Å². The molecule has 3 amide bonds. The molecule has 0 aromatic carbocycles. The van der Waals surface area contributed by atoms with Gasteiger partial charge in [-0.05, 0) is 30.6 Å². The molecule has 3 atom stereocenters. The van der Waals surface area contributed by atoms with E-state index in [2.05, 4.69) is 10.5 Å². The summed E-state index contributed by atoms with van der Waals surface area (Å²) in [6, 6.07) is 1.32. The topological polar surface area (TPSA) is 148 Å². The maximum Gasteiger partial charge on any atom is 0.407 e. The van der Waals surface area contributed by atoms with Gasteiger partial charge in [0.25, 0.3) is 5.91 Å². The predicted octanol–water partition coefficient (Wildman–Crippen LogP) is 0.636. The van der Waals surface area contributed by atoms with Crippen LogP contribution in [0.25, 0.3) is 0 Å². The lowest BCUT2D eigenvalue weighted by Gasteiger charge is -2.16. The average molecular weight is 352 g/mol. The van der Waals surface area contributed by atoms with Crippen LogP contribution < -0.4 is 11.1 Å². The SMILES string of the molecule is NC(=O)c1cc(COC(=O)NCC2C[C@@H]3CN(C(=O)O)C[C@@H]3C2)on1. The minimum absolute atomic E-state index is 0.0214. The number of nitrogens with zero attached hydrogens (tertiary/aromatic N) is 2. The first-order chi connectivity index (χ1) is 11.9. The summed E-state index contributed by atoms with van der Waals surface area (Å²) in [5.74, 6) is 0.590. The number of aromatic nitrogens is 1. The minimum Gasteiger partial charge on any atom is -0.465 e. The van der Waals surface area contributed by atoms with Crippen LogP contribution in [-0.2, 0) is 11.3 Å². The molecule has 0 radical (unpaired) electrons. The van der Waals surface area contributed by atoms with Crippen LogP contribution in [0.4, 0.5) is 9.59 Å². The summed E-state index contributed by atoms with van der Waals surface area (Å²) in [7, 11) is 0. The number of nitrogens with two attached hydrogens (primary N) is 1. The van der Waals surface area contributed by atoms with Gasteiger partial charge >= 0.3 is 12.2 Å².